The molecule has 0 aromatic heterocycles. The van der Waals surface area contributed by atoms with Crippen LogP contribution in [0.25, 0.3) is 0 Å². The van der Waals surface area contributed by atoms with Crippen molar-refractivity contribution in [2.75, 3.05) is 19.7 Å². The van der Waals surface area contributed by atoms with Gasteiger partial charge in [-0.1, -0.05) is 35.5 Å². The lowest BCUT2D eigenvalue weighted by atomic mass is 10.0. The standard InChI is InChI=1S/C15H18N2O3/c1-11-10-17(7-8-19-11)15(18)13-9-14(20-16-13)12-5-3-2-4-6-12/h2-6,11,14H,7-10H2,1H3/t11-,14-/m0/s1. The highest BCUT2D eigenvalue weighted by atomic mass is 16.6. The van der Waals surface area contributed by atoms with Crippen LogP contribution in [0.15, 0.2) is 35.5 Å². The van der Waals surface area contributed by atoms with E-state index in [0.29, 0.717) is 31.8 Å². The number of hydrogen-bond donors (Lipinski definition) is 0. The van der Waals surface area contributed by atoms with Crippen LogP contribution in [0.1, 0.15) is 25.0 Å². The highest BCUT2D eigenvalue weighted by Gasteiger charge is 2.31. The molecule has 0 N–H and O–H groups in total. The Kier molecular flexibility index (Phi) is 3.69. The summed E-state index contributed by atoms with van der Waals surface area (Å²) < 4.78 is 5.45. The number of rotatable bonds is 2. The molecule has 106 valence electrons. The van der Waals surface area contributed by atoms with E-state index in [0.717, 1.165) is 5.56 Å². The lowest BCUT2D eigenvalue weighted by molar-refractivity contribution is -0.131. The first-order valence-electron chi connectivity index (χ1n) is 6.92. The molecule has 1 saturated heterocycles. The number of amides is 1. The zero-order chi connectivity index (χ0) is 13.9. The van der Waals surface area contributed by atoms with Gasteiger partial charge in [0.2, 0.25) is 0 Å². The number of carbonyl (C=O) groups is 1. The van der Waals surface area contributed by atoms with E-state index in [4.69, 9.17) is 9.57 Å². The van der Waals surface area contributed by atoms with E-state index in [2.05, 4.69) is 5.16 Å². The summed E-state index contributed by atoms with van der Waals surface area (Å²) in [6.45, 7) is 3.80. The molecule has 1 aromatic carbocycles. The number of morpholine rings is 1. The summed E-state index contributed by atoms with van der Waals surface area (Å²) in [4.78, 5) is 19.6. The fraction of sp³-hybridized carbons (Fsp3) is 0.467. The maximum absolute atomic E-state index is 12.4. The van der Waals surface area contributed by atoms with Crippen LogP contribution < -0.4 is 0 Å². The van der Waals surface area contributed by atoms with Gasteiger partial charge in [-0.05, 0) is 12.5 Å². The van der Waals surface area contributed by atoms with Crippen LogP contribution in [-0.4, -0.2) is 42.3 Å². The SMILES string of the molecule is C[C@H]1CN(C(=O)C2=NO[C@H](c3ccccc3)C2)CCO1. The Hall–Kier alpha value is -1.88. The molecule has 3 rings (SSSR count). The molecule has 0 saturated carbocycles. The van der Waals surface area contributed by atoms with Gasteiger partial charge in [0.05, 0.1) is 12.7 Å². The Bertz CT molecular complexity index is 515. The summed E-state index contributed by atoms with van der Waals surface area (Å²) in [5.74, 6) is -0.0291. The van der Waals surface area contributed by atoms with E-state index in [1.807, 2.05) is 37.3 Å². The van der Waals surface area contributed by atoms with Gasteiger partial charge in [0.15, 0.2) is 6.10 Å². The van der Waals surface area contributed by atoms with Crippen molar-refractivity contribution in [3.05, 3.63) is 35.9 Å². The number of carbonyl (C=O) groups excluding carboxylic acids is 1. The van der Waals surface area contributed by atoms with Gasteiger partial charge >= 0.3 is 0 Å². The van der Waals surface area contributed by atoms with Gasteiger partial charge in [0, 0.05) is 19.5 Å². The Labute approximate surface area is 118 Å². The van der Waals surface area contributed by atoms with Crippen molar-refractivity contribution in [3.63, 3.8) is 0 Å². The van der Waals surface area contributed by atoms with Crippen LogP contribution in [-0.2, 0) is 14.4 Å². The third-order valence-electron chi connectivity index (χ3n) is 3.62. The minimum absolute atomic E-state index is 0.0291. The van der Waals surface area contributed by atoms with Crippen LogP contribution in [0.4, 0.5) is 0 Å². The molecule has 0 aliphatic carbocycles. The maximum atomic E-state index is 12.4. The lowest BCUT2D eigenvalue weighted by Gasteiger charge is -2.30. The molecule has 0 bridgehead atoms. The number of oxime groups is 1. The quantitative estimate of drug-likeness (QED) is 0.825. The molecule has 0 radical (unpaired) electrons. The van der Waals surface area contributed by atoms with E-state index >= 15 is 0 Å². The second kappa shape index (κ2) is 5.63. The topological polar surface area (TPSA) is 51.1 Å². The zero-order valence-corrected chi connectivity index (χ0v) is 11.5. The second-order valence-electron chi connectivity index (χ2n) is 5.18. The number of ether oxygens (including phenoxy) is 1. The molecule has 2 atom stereocenters. The minimum Gasteiger partial charge on any atom is -0.387 e. The monoisotopic (exact) mass is 274 g/mol. The average Bonchev–Trinajstić information content (AvgIpc) is 2.97. The first-order chi connectivity index (χ1) is 9.74. The molecule has 1 aromatic rings. The summed E-state index contributed by atoms with van der Waals surface area (Å²) in [6, 6.07) is 9.86. The highest BCUT2D eigenvalue weighted by molar-refractivity contribution is 6.39. The van der Waals surface area contributed by atoms with Gasteiger partial charge in [-0.2, -0.15) is 0 Å². The molecule has 2 aliphatic rings. The van der Waals surface area contributed by atoms with Crippen LogP contribution in [0, 0.1) is 0 Å². The lowest BCUT2D eigenvalue weighted by Crippen LogP contribution is -2.47. The van der Waals surface area contributed by atoms with Gasteiger partial charge < -0.3 is 14.5 Å². The van der Waals surface area contributed by atoms with E-state index in [1.165, 1.54) is 0 Å². The van der Waals surface area contributed by atoms with Crippen molar-refractivity contribution < 1.29 is 14.4 Å². The Morgan fingerprint density at radius 3 is 2.90 bits per heavy atom. The number of nitrogens with zero attached hydrogens (tertiary/aromatic N) is 2. The van der Waals surface area contributed by atoms with Crippen molar-refractivity contribution in [2.24, 2.45) is 5.16 Å². The second-order valence-corrected chi connectivity index (χ2v) is 5.18. The molecule has 0 unspecified atom stereocenters. The first-order valence-corrected chi connectivity index (χ1v) is 6.92. The molecule has 1 amide bonds. The van der Waals surface area contributed by atoms with Crippen molar-refractivity contribution in [3.8, 4) is 0 Å². The predicted molar refractivity (Wildman–Crippen MR) is 74.3 cm³/mol. The zero-order valence-electron chi connectivity index (χ0n) is 11.5. The Morgan fingerprint density at radius 2 is 2.15 bits per heavy atom. The van der Waals surface area contributed by atoms with Crippen LogP contribution in [0.2, 0.25) is 0 Å². The summed E-state index contributed by atoms with van der Waals surface area (Å²) >= 11 is 0. The Morgan fingerprint density at radius 1 is 1.35 bits per heavy atom. The fourth-order valence-electron chi connectivity index (χ4n) is 2.54. The number of hydrogen-bond acceptors (Lipinski definition) is 4. The molecule has 5 nitrogen and oxygen atoms in total. The third kappa shape index (κ3) is 2.67. The average molecular weight is 274 g/mol. The molecular formula is C15H18N2O3. The van der Waals surface area contributed by atoms with Crippen LogP contribution in [0.5, 0.6) is 0 Å². The van der Waals surface area contributed by atoms with E-state index < -0.39 is 0 Å². The van der Waals surface area contributed by atoms with Gasteiger partial charge in [-0.25, -0.2) is 0 Å². The smallest absolute Gasteiger partial charge is 0.271 e. The van der Waals surface area contributed by atoms with Crippen LogP contribution >= 0.6 is 0 Å². The molecule has 20 heavy (non-hydrogen) atoms. The van der Waals surface area contributed by atoms with E-state index in [1.54, 1.807) is 4.90 Å². The molecular weight excluding hydrogens is 256 g/mol. The van der Waals surface area contributed by atoms with Crippen molar-refractivity contribution in [1.82, 2.24) is 4.90 Å². The van der Waals surface area contributed by atoms with E-state index in [-0.39, 0.29) is 18.1 Å². The van der Waals surface area contributed by atoms with Gasteiger partial charge in [0.25, 0.3) is 5.91 Å². The first kappa shape index (κ1) is 13.1. The largest absolute Gasteiger partial charge is 0.387 e. The van der Waals surface area contributed by atoms with Gasteiger partial charge in [0.1, 0.15) is 5.71 Å². The molecule has 2 heterocycles. The minimum atomic E-state index is -0.145. The summed E-state index contributed by atoms with van der Waals surface area (Å²) in [6.07, 6.45) is 0.475. The third-order valence-corrected chi connectivity index (χ3v) is 3.62. The van der Waals surface area contributed by atoms with Crippen molar-refractivity contribution >= 4 is 11.6 Å². The number of benzene rings is 1. The Balaban J connectivity index is 1.63. The predicted octanol–water partition coefficient (Wildman–Crippen LogP) is 1.75. The van der Waals surface area contributed by atoms with Crippen molar-refractivity contribution in [2.45, 2.75) is 25.6 Å². The molecule has 5 heteroatoms. The summed E-state index contributed by atoms with van der Waals surface area (Å²) in [5, 5.41) is 3.98. The summed E-state index contributed by atoms with van der Waals surface area (Å²) in [5.41, 5.74) is 1.56. The fourth-order valence-corrected chi connectivity index (χ4v) is 2.54. The van der Waals surface area contributed by atoms with Gasteiger partial charge in [-0.15, -0.1) is 0 Å². The molecule has 2 aliphatic heterocycles. The maximum Gasteiger partial charge on any atom is 0.271 e. The van der Waals surface area contributed by atoms with Gasteiger partial charge in [-0.3, -0.25) is 4.79 Å². The molecule has 0 spiro atoms. The van der Waals surface area contributed by atoms with Crippen molar-refractivity contribution in [1.29, 1.82) is 0 Å². The van der Waals surface area contributed by atoms with Crippen LogP contribution in [0.3, 0.4) is 0 Å². The normalized spacial score (nSPS) is 26.1. The highest BCUT2D eigenvalue weighted by Crippen LogP contribution is 2.27. The van der Waals surface area contributed by atoms with E-state index in [9.17, 15) is 4.79 Å². The molecule has 1 fully saturated rings. The summed E-state index contributed by atoms with van der Waals surface area (Å²) in [7, 11) is 0.